The van der Waals surface area contributed by atoms with Crippen molar-refractivity contribution in [2.45, 2.75) is 37.2 Å². The molecule has 0 aliphatic heterocycles. The van der Waals surface area contributed by atoms with Gasteiger partial charge in [-0.3, -0.25) is 0 Å². The van der Waals surface area contributed by atoms with Crippen LogP contribution in [-0.4, -0.2) is 25.3 Å². The Morgan fingerprint density at radius 2 is 2.15 bits per heavy atom. The van der Waals surface area contributed by atoms with Crippen LogP contribution in [0.3, 0.4) is 0 Å². The lowest BCUT2D eigenvalue weighted by Crippen LogP contribution is -2.33. The van der Waals surface area contributed by atoms with Gasteiger partial charge in [-0.1, -0.05) is 22.0 Å². The average molecular weight is 359 g/mol. The minimum absolute atomic E-state index is 0.109. The summed E-state index contributed by atoms with van der Waals surface area (Å²) in [6, 6.07) is 3.65. The summed E-state index contributed by atoms with van der Waals surface area (Å²) < 4.78 is 28.0. The Kier molecular flexibility index (Phi) is 4.69. The lowest BCUT2D eigenvalue weighted by Gasteiger charge is -2.22. The summed E-state index contributed by atoms with van der Waals surface area (Å²) in [6.07, 6.45) is 3.47. The second-order valence-electron chi connectivity index (χ2n) is 5.00. The molecule has 1 saturated carbocycles. The van der Waals surface area contributed by atoms with Crippen LogP contribution >= 0.6 is 15.9 Å². The Hall–Kier alpha value is -0.690. The predicted molar refractivity (Wildman–Crippen MR) is 83.9 cm³/mol. The molecule has 0 unspecified atom stereocenters. The summed E-state index contributed by atoms with van der Waals surface area (Å²) in [6.45, 7) is 6.11. The quantitative estimate of drug-likeness (QED) is 0.794. The van der Waals surface area contributed by atoms with Gasteiger partial charge in [-0.2, -0.15) is 4.31 Å². The molecule has 20 heavy (non-hydrogen) atoms. The summed E-state index contributed by atoms with van der Waals surface area (Å²) in [5, 5.41) is 0. The monoisotopic (exact) mass is 358 g/mol. The van der Waals surface area contributed by atoms with Crippen molar-refractivity contribution in [3.05, 3.63) is 40.4 Å². The van der Waals surface area contributed by atoms with E-state index in [-0.39, 0.29) is 6.04 Å². The third kappa shape index (κ3) is 2.98. The Balaban J connectivity index is 2.52. The van der Waals surface area contributed by atoms with Gasteiger partial charge >= 0.3 is 0 Å². The molecule has 1 aliphatic rings. The smallest absolute Gasteiger partial charge is 0.243 e. The molecular weight excluding hydrogens is 340 g/mol. The van der Waals surface area contributed by atoms with E-state index in [0.717, 1.165) is 28.4 Å². The van der Waals surface area contributed by atoms with E-state index in [9.17, 15) is 8.42 Å². The summed E-state index contributed by atoms with van der Waals surface area (Å²) in [5.41, 5.74) is 7.16. The SMILES string of the molecule is C=CCN(C1CC1)S(=O)(=O)c1cc(CN)cc(Br)c1C. The van der Waals surface area contributed by atoms with Gasteiger partial charge in [0.25, 0.3) is 0 Å². The van der Waals surface area contributed by atoms with Crippen LogP contribution in [0.25, 0.3) is 0 Å². The number of halogens is 1. The summed E-state index contributed by atoms with van der Waals surface area (Å²) in [5.74, 6) is 0. The molecule has 2 N–H and O–H groups in total. The number of benzene rings is 1. The molecule has 6 heteroatoms. The number of hydrogen-bond donors (Lipinski definition) is 1. The minimum atomic E-state index is -3.51. The first kappa shape index (κ1) is 15.7. The number of sulfonamides is 1. The van der Waals surface area contributed by atoms with Crippen molar-refractivity contribution in [2.24, 2.45) is 5.73 Å². The van der Waals surface area contributed by atoms with Gasteiger partial charge in [0.2, 0.25) is 10.0 Å². The van der Waals surface area contributed by atoms with E-state index in [1.54, 1.807) is 19.1 Å². The molecule has 1 aromatic carbocycles. The van der Waals surface area contributed by atoms with Crippen molar-refractivity contribution in [3.63, 3.8) is 0 Å². The van der Waals surface area contributed by atoms with Crippen molar-refractivity contribution in [1.29, 1.82) is 0 Å². The van der Waals surface area contributed by atoms with E-state index in [0.29, 0.717) is 18.0 Å². The molecule has 0 spiro atoms. The van der Waals surface area contributed by atoms with Crippen molar-refractivity contribution < 1.29 is 8.42 Å². The highest BCUT2D eigenvalue weighted by Crippen LogP contribution is 2.34. The molecule has 1 aliphatic carbocycles. The van der Waals surface area contributed by atoms with Crippen LogP contribution in [0.15, 0.2) is 34.2 Å². The molecule has 110 valence electrons. The molecule has 0 atom stereocenters. The Bertz CT molecular complexity index is 624. The number of rotatable bonds is 6. The zero-order chi connectivity index (χ0) is 14.9. The molecule has 0 saturated heterocycles. The Morgan fingerprint density at radius 1 is 1.50 bits per heavy atom. The molecule has 2 rings (SSSR count). The number of hydrogen-bond acceptors (Lipinski definition) is 3. The van der Waals surface area contributed by atoms with E-state index in [2.05, 4.69) is 22.5 Å². The van der Waals surface area contributed by atoms with Crippen LogP contribution in [0.2, 0.25) is 0 Å². The van der Waals surface area contributed by atoms with Crippen LogP contribution < -0.4 is 5.73 Å². The topological polar surface area (TPSA) is 63.4 Å². The molecule has 0 radical (unpaired) electrons. The normalized spacial score (nSPS) is 15.6. The van der Waals surface area contributed by atoms with Crippen molar-refractivity contribution >= 4 is 26.0 Å². The van der Waals surface area contributed by atoms with E-state index >= 15 is 0 Å². The highest BCUT2D eigenvalue weighted by atomic mass is 79.9. The van der Waals surface area contributed by atoms with Crippen molar-refractivity contribution in [3.8, 4) is 0 Å². The summed E-state index contributed by atoms with van der Waals surface area (Å²) in [4.78, 5) is 0.334. The predicted octanol–water partition coefficient (Wildman–Crippen LogP) is 2.56. The van der Waals surface area contributed by atoms with Gasteiger partial charge < -0.3 is 5.73 Å². The van der Waals surface area contributed by atoms with Gasteiger partial charge in [0.15, 0.2) is 0 Å². The van der Waals surface area contributed by atoms with Crippen LogP contribution in [0.5, 0.6) is 0 Å². The van der Waals surface area contributed by atoms with Gasteiger partial charge in [-0.25, -0.2) is 8.42 Å². The largest absolute Gasteiger partial charge is 0.326 e. The van der Waals surface area contributed by atoms with Gasteiger partial charge in [0, 0.05) is 23.6 Å². The molecule has 1 aromatic rings. The maximum absolute atomic E-state index is 12.9. The first-order valence-electron chi connectivity index (χ1n) is 6.53. The van der Waals surface area contributed by atoms with E-state index in [1.807, 2.05) is 6.07 Å². The maximum Gasteiger partial charge on any atom is 0.243 e. The van der Waals surface area contributed by atoms with Gasteiger partial charge in [0.1, 0.15) is 0 Å². The fourth-order valence-electron chi connectivity index (χ4n) is 2.15. The molecule has 0 heterocycles. The Labute approximate surface area is 128 Å². The minimum Gasteiger partial charge on any atom is -0.326 e. The highest BCUT2D eigenvalue weighted by molar-refractivity contribution is 9.10. The van der Waals surface area contributed by atoms with E-state index < -0.39 is 10.0 Å². The molecule has 0 bridgehead atoms. The van der Waals surface area contributed by atoms with Crippen molar-refractivity contribution in [2.75, 3.05) is 6.54 Å². The second kappa shape index (κ2) is 5.97. The van der Waals surface area contributed by atoms with Crippen LogP contribution in [-0.2, 0) is 16.6 Å². The third-order valence-corrected chi connectivity index (χ3v) is 6.31. The first-order chi connectivity index (χ1) is 9.41. The lowest BCUT2D eigenvalue weighted by molar-refractivity contribution is 0.435. The van der Waals surface area contributed by atoms with Crippen LogP contribution in [0.4, 0.5) is 0 Å². The molecular formula is C14H19BrN2O2S. The number of nitrogens with two attached hydrogens (primary N) is 1. The van der Waals surface area contributed by atoms with E-state index in [4.69, 9.17) is 5.73 Å². The average Bonchev–Trinajstić information content (AvgIpc) is 3.22. The van der Waals surface area contributed by atoms with Gasteiger partial charge in [-0.05, 0) is 43.0 Å². The standard InChI is InChI=1S/C14H19BrN2O2S/c1-3-6-17(12-4-5-12)20(18,19)14-8-11(9-16)7-13(15)10(14)2/h3,7-8,12H,1,4-6,9,16H2,2H3. The first-order valence-corrected chi connectivity index (χ1v) is 8.77. The molecule has 0 amide bonds. The van der Waals surface area contributed by atoms with Crippen LogP contribution in [0.1, 0.15) is 24.0 Å². The van der Waals surface area contributed by atoms with Gasteiger partial charge in [-0.15, -0.1) is 6.58 Å². The maximum atomic E-state index is 12.9. The lowest BCUT2D eigenvalue weighted by atomic mass is 10.1. The molecule has 0 aromatic heterocycles. The Morgan fingerprint density at radius 3 is 2.65 bits per heavy atom. The fourth-order valence-corrected chi connectivity index (χ4v) is 4.75. The third-order valence-electron chi connectivity index (χ3n) is 3.44. The fraction of sp³-hybridized carbons (Fsp3) is 0.429. The zero-order valence-electron chi connectivity index (χ0n) is 11.5. The molecule has 1 fully saturated rings. The highest BCUT2D eigenvalue weighted by Gasteiger charge is 2.38. The number of nitrogens with zero attached hydrogens (tertiary/aromatic N) is 1. The molecule has 4 nitrogen and oxygen atoms in total. The van der Waals surface area contributed by atoms with Crippen molar-refractivity contribution in [1.82, 2.24) is 4.31 Å². The van der Waals surface area contributed by atoms with Crippen LogP contribution in [0, 0.1) is 6.92 Å². The summed E-state index contributed by atoms with van der Waals surface area (Å²) >= 11 is 3.41. The summed E-state index contributed by atoms with van der Waals surface area (Å²) in [7, 11) is -3.51. The van der Waals surface area contributed by atoms with Gasteiger partial charge in [0.05, 0.1) is 4.90 Å². The second-order valence-corrected chi connectivity index (χ2v) is 7.71. The zero-order valence-corrected chi connectivity index (χ0v) is 13.9. The van der Waals surface area contributed by atoms with E-state index in [1.165, 1.54) is 4.31 Å².